The molecule has 96 valence electrons. The van der Waals surface area contributed by atoms with Crippen molar-refractivity contribution >= 4 is 5.69 Å². The molecule has 0 aliphatic carbocycles. The fourth-order valence-corrected chi connectivity index (χ4v) is 1.56. The van der Waals surface area contributed by atoms with Crippen LogP contribution in [0.1, 0.15) is 5.56 Å². The molecule has 1 aromatic carbocycles. The lowest BCUT2D eigenvalue weighted by Gasteiger charge is -2.06. The minimum absolute atomic E-state index is 0.0204. The summed E-state index contributed by atoms with van der Waals surface area (Å²) in [5, 5.41) is 25.8. The number of hydrogen-bond acceptors (Lipinski definition) is 4. The monoisotopic (exact) mass is 251 g/mol. The summed E-state index contributed by atoms with van der Waals surface area (Å²) in [6.45, 7) is 0.166. The van der Waals surface area contributed by atoms with E-state index in [9.17, 15) is 9.50 Å². The molecule has 0 saturated carbocycles. The summed E-state index contributed by atoms with van der Waals surface area (Å²) in [4.78, 5) is 0. The molecule has 5 nitrogen and oxygen atoms in total. The number of halogens is 1. The Kier molecular flexibility index (Phi) is 3.66. The van der Waals surface area contributed by atoms with Gasteiger partial charge in [0.05, 0.1) is 18.4 Å². The van der Waals surface area contributed by atoms with Crippen LogP contribution in [0.2, 0.25) is 0 Å². The highest BCUT2D eigenvalue weighted by molar-refractivity contribution is 5.44. The lowest BCUT2D eigenvalue weighted by atomic mass is 10.2. The van der Waals surface area contributed by atoms with Crippen LogP contribution in [0.5, 0.6) is 11.5 Å². The number of aromatic nitrogens is 2. The Morgan fingerprint density at radius 2 is 2.17 bits per heavy atom. The van der Waals surface area contributed by atoms with Crippen molar-refractivity contribution in [3.05, 3.63) is 36.2 Å². The van der Waals surface area contributed by atoms with Crippen molar-refractivity contribution in [2.24, 2.45) is 0 Å². The number of rotatable bonds is 5. The molecule has 0 radical (unpaired) electrons. The Morgan fingerprint density at radius 3 is 2.89 bits per heavy atom. The molecule has 6 heteroatoms. The highest BCUT2D eigenvalue weighted by Crippen LogP contribution is 2.23. The lowest BCUT2D eigenvalue weighted by molar-refractivity contribution is 0.427. The summed E-state index contributed by atoms with van der Waals surface area (Å²) in [5.74, 6) is 0.0469. The number of aromatic hydroxyl groups is 2. The van der Waals surface area contributed by atoms with Gasteiger partial charge in [0.15, 0.2) is 0 Å². The first-order valence-corrected chi connectivity index (χ1v) is 5.52. The van der Waals surface area contributed by atoms with Crippen LogP contribution in [-0.2, 0) is 13.1 Å². The van der Waals surface area contributed by atoms with Crippen molar-refractivity contribution in [1.82, 2.24) is 9.78 Å². The Labute approximate surface area is 103 Å². The van der Waals surface area contributed by atoms with Crippen LogP contribution in [0.3, 0.4) is 0 Å². The van der Waals surface area contributed by atoms with Gasteiger partial charge in [0.1, 0.15) is 18.2 Å². The molecule has 2 aromatic rings. The van der Waals surface area contributed by atoms with Crippen LogP contribution in [0, 0.1) is 0 Å². The summed E-state index contributed by atoms with van der Waals surface area (Å²) >= 11 is 0. The number of alkyl halides is 1. The van der Waals surface area contributed by atoms with Crippen molar-refractivity contribution in [3.8, 4) is 11.5 Å². The maximum Gasteiger partial charge on any atom is 0.124 e. The standard InChI is InChI=1S/C12H14FN3O2/c13-3-4-16-8-10(7-15-16)14-6-9-1-2-11(17)5-12(9)18/h1-2,5,7-8,14,17-18H,3-4,6H2. The molecule has 3 N–H and O–H groups in total. The second-order valence-electron chi connectivity index (χ2n) is 3.85. The first-order valence-electron chi connectivity index (χ1n) is 5.52. The van der Waals surface area contributed by atoms with Crippen molar-refractivity contribution < 1.29 is 14.6 Å². The number of phenols is 2. The third-order valence-electron chi connectivity index (χ3n) is 2.50. The van der Waals surface area contributed by atoms with Crippen LogP contribution in [0.4, 0.5) is 10.1 Å². The summed E-state index contributed by atoms with van der Waals surface area (Å²) in [5.41, 5.74) is 1.40. The van der Waals surface area contributed by atoms with E-state index >= 15 is 0 Å². The summed E-state index contributed by atoms with van der Waals surface area (Å²) in [7, 11) is 0. The number of anilines is 1. The van der Waals surface area contributed by atoms with E-state index in [0.29, 0.717) is 12.1 Å². The van der Waals surface area contributed by atoms with E-state index in [1.807, 2.05) is 0 Å². The Hall–Kier alpha value is -2.24. The van der Waals surface area contributed by atoms with E-state index in [2.05, 4.69) is 10.4 Å². The molecule has 0 atom stereocenters. The van der Waals surface area contributed by atoms with Crippen LogP contribution in [0.15, 0.2) is 30.6 Å². The van der Waals surface area contributed by atoms with Gasteiger partial charge in [-0.05, 0) is 12.1 Å². The van der Waals surface area contributed by atoms with E-state index in [-0.39, 0.29) is 18.0 Å². The van der Waals surface area contributed by atoms with Crippen LogP contribution in [-0.4, -0.2) is 26.7 Å². The Balaban J connectivity index is 1.97. The maximum atomic E-state index is 12.1. The second kappa shape index (κ2) is 5.39. The van der Waals surface area contributed by atoms with Gasteiger partial charge in [-0.1, -0.05) is 0 Å². The first kappa shape index (κ1) is 12.2. The van der Waals surface area contributed by atoms with Crippen LogP contribution >= 0.6 is 0 Å². The van der Waals surface area contributed by atoms with Crippen molar-refractivity contribution in [3.63, 3.8) is 0 Å². The molecule has 0 unspecified atom stereocenters. The summed E-state index contributed by atoms with van der Waals surface area (Å²) in [6.07, 6.45) is 3.28. The molecule has 1 aromatic heterocycles. The van der Waals surface area contributed by atoms with Gasteiger partial charge in [-0.15, -0.1) is 0 Å². The van der Waals surface area contributed by atoms with Gasteiger partial charge in [-0.25, -0.2) is 4.39 Å². The number of hydrogen-bond donors (Lipinski definition) is 3. The van der Waals surface area contributed by atoms with E-state index in [4.69, 9.17) is 5.11 Å². The topological polar surface area (TPSA) is 70.3 Å². The normalized spacial score (nSPS) is 10.5. The molecular formula is C12H14FN3O2. The predicted octanol–water partition coefficient (Wildman–Crippen LogP) is 1.88. The van der Waals surface area contributed by atoms with Crippen molar-refractivity contribution in [1.29, 1.82) is 0 Å². The van der Waals surface area contributed by atoms with E-state index in [1.54, 1.807) is 18.5 Å². The smallest absolute Gasteiger partial charge is 0.124 e. The molecule has 0 saturated heterocycles. The maximum absolute atomic E-state index is 12.1. The van der Waals surface area contributed by atoms with Gasteiger partial charge in [-0.3, -0.25) is 4.68 Å². The van der Waals surface area contributed by atoms with E-state index in [1.165, 1.54) is 16.8 Å². The summed E-state index contributed by atoms with van der Waals surface area (Å²) < 4.78 is 13.6. The largest absolute Gasteiger partial charge is 0.508 e. The zero-order valence-corrected chi connectivity index (χ0v) is 9.67. The number of nitrogens with one attached hydrogen (secondary N) is 1. The molecule has 0 aliphatic heterocycles. The molecule has 0 aliphatic rings. The second-order valence-corrected chi connectivity index (χ2v) is 3.85. The fraction of sp³-hybridized carbons (Fsp3) is 0.250. The van der Waals surface area contributed by atoms with Gasteiger partial charge in [0.25, 0.3) is 0 Å². The molecular weight excluding hydrogens is 237 g/mol. The quantitative estimate of drug-likeness (QED) is 0.758. The van der Waals surface area contributed by atoms with Gasteiger partial charge in [0.2, 0.25) is 0 Å². The van der Waals surface area contributed by atoms with Crippen LogP contribution < -0.4 is 5.32 Å². The highest BCUT2D eigenvalue weighted by atomic mass is 19.1. The zero-order chi connectivity index (χ0) is 13.0. The average molecular weight is 251 g/mol. The molecule has 2 rings (SSSR count). The molecule has 0 fully saturated rings. The predicted molar refractivity (Wildman–Crippen MR) is 65.3 cm³/mol. The van der Waals surface area contributed by atoms with Crippen LogP contribution in [0.25, 0.3) is 0 Å². The van der Waals surface area contributed by atoms with E-state index in [0.717, 1.165) is 5.69 Å². The SMILES string of the molecule is Oc1ccc(CNc2cnn(CCF)c2)c(O)c1. The van der Waals surface area contributed by atoms with Gasteiger partial charge >= 0.3 is 0 Å². The number of aryl methyl sites for hydroxylation is 1. The van der Waals surface area contributed by atoms with Crippen molar-refractivity contribution in [2.45, 2.75) is 13.1 Å². The number of nitrogens with zero attached hydrogens (tertiary/aromatic N) is 2. The first-order chi connectivity index (χ1) is 8.69. The number of phenolic OH excluding ortho intramolecular Hbond substituents is 2. The van der Waals surface area contributed by atoms with Crippen molar-refractivity contribution in [2.75, 3.05) is 12.0 Å². The summed E-state index contributed by atoms with van der Waals surface area (Å²) in [6, 6.07) is 4.41. The lowest BCUT2D eigenvalue weighted by Crippen LogP contribution is -2.00. The third kappa shape index (κ3) is 2.91. The molecule has 1 heterocycles. The van der Waals surface area contributed by atoms with Gasteiger partial charge < -0.3 is 15.5 Å². The highest BCUT2D eigenvalue weighted by Gasteiger charge is 2.03. The molecule has 0 spiro atoms. The Bertz CT molecular complexity index is 528. The minimum atomic E-state index is -0.458. The molecule has 18 heavy (non-hydrogen) atoms. The van der Waals surface area contributed by atoms with Gasteiger partial charge in [0, 0.05) is 24.4 Å². The van der Waals surface area contributed by atoms with E-state index < -0.39 is 6.67 Å². The van der Waals surface area contributed by atoms with Gasteiger partial charge in [-0.2, -0.15) is 5.10 Å². The third-order valence-corrected chi connectivity index (χ3v) is 2.50. The molecule has 0 amide bonds. The zero-order valence-electron chi connectivity index (χ0n) is 9.67. The minimum Gasteiger partial charge on any atom is -0.508 e. The average Bonchev–Trinajstić information content (AvgIpc) is 2.76. The molecule has 0 bridgehead atoms. The number of benzene rings is 1. The fourth-order valence-electron chi connectivity index (χ4n) is 1.56. The Morgan fingerprint density at radius 1 is 1.33 bits per heavy atom.